The lowest BCUT2D eigenvalue weighted by Gasteiger charge is -2.32. The van der Waals surface area contributed by atoms with Crippen LogP contribution in [0.3, 0.4) is 0 Å². The third-order valence-corrected chi connectivity index (χ3v) is 7.98. The van der Waals surface area contributed by atoms with Gasteiger partial charge in [0.25, 0.3) is 10.0 Å². The largest absolute Gasteiger partial charge is 0.352 e. The molecule has 10 heteroatoms. The van der Waals surface area contributed by atoms with Gasteiger partial charge in [-0.1, -0.05) is 43.3 Å². The van der Waals surface area contributed by atoms with Crippen LogP contribution in [0.2, 0.25) is 0 Å². The second-order valence-electron chi connectivity index (χ2n) is 8.91. The van der Waals surface area contributed by atoms with Crippen molar-refractivity contribution in [2.45, 2.75) is 50.7 Å². The van der Waals surface area contributed by atoms with Crippen LogP contribution in [0.5, 0.6) is 0 Å². The zero-order chi connectivity index (χ0) is 27.9. The highest BCUT2D eigenvalue weighted by molar-refractivity contribution is 7.92. The molecule has 38 heavy (non-hydrogen) atoms. The summed E-state index contributed by atoms with van der Waals surface area (Å²) in [7, 11) is -4.26. The Kier molecular flexibility index (Phi) is 9.57. The average molecular weight is 544 g/mol. The first-order chi connectivity index (χ1) is 18.0. The first-order valence-electron chi connectivity index (χ1n) is 12.2. The molecule has 3 rings (SSSR count). The van der Waals surface area contributed by atoms with Gasteiger partial charge >= 0.3 is 0 Å². The summed E-state index contributed by atoms with van der Waals surface area (Å²) in [6.45, 7) is 4.26. The molecule has 7 nitrogen and oxygen atoms in total. The normalized spacial score (nSPS) is 12.9. The summed E-state index contributed by atoms with van der Waals surface area (Å²) in [6.07, 6.45) is 0.660. The number of hydrogen-bond donors (Lipinski definition) is 1. The fourth-order valence-electron chi connectivity index (χ4n) is 3.71. The highest BCUT2D eigenvalue weighted by Crippen LogP contribution is 2.25. The SMILES string of the molecule is CC[C@@H](C)NC(=O)[C@@H](C)N(Cc1ccccc1F)C(=O)CN(c1ccc(F)cc1)S(=O)(=O)c1ccccc1. The van der Waals surface area contributed by atoms with Gasteiger partial charge in [-0.15, -0.1) is 0 Å². The number of amides is 2. The number of rotatable bonds is 11. The Balaban J connectivity index is 2.02. The Labute approximate surface area is 222 Å². The van der Waals surface area contributed by atoms with E-state index in [1.165, 1.54) is 49.4 Å². The topological polar surface area (TPSA) is 86.8 Å². The predicted molar refractivity (Wildman–Crippen MR) is 142 cm³/mol. The van der Waals surface area contributed by atoms with E-state index in [1.807, 2.05) is 13.8 Å². The van der Waals surface area contributed by atoms with Crippen molar-refractivity contribution in [1.29, 1.82) is 0 Å². The number of halogens is 2. The van der Waals surface area contributed by atoms with Gasteiger partial charge in [-0.25, -0.2) is 17.2 Å². The van der Waals surface area contributed by atoms with Gasteiger partial charge in [-0.3, -0.25) is 13.9 Å². The van der Waals surface area contributed by atoms with Crippen LogP contribution in [0, 0.1) is 11.6 Å². The van der Waals surface area contributed by atoms with E-state index in [4.69, 9.17) is 0 Å². The Bertz CT molecular complexity index is 1350. The minimum Gasteiger partial charge on any atom is -0.352 e. The van der Waals surface area contributed by atoms with Crippen molar-refractivity contribution >= 4 is 27.5 Å². The van der Waals surface area contributed by atoms with Crippen molar-refractivity contribution < 1.29 is 26.8 Å². The standard InChI is InChI=1S/C28H31F2N3O4S/c1-4-20(2)31-28(35)21(3)32(18-22-10-8-9-13-26(22)30)27(34)19-33(24-16-14-23(29)15-17-24)38(36,37)25-11-6-5-7-12-25/h5-17,20-21H,4,18-19H2,1-3H3,(H,31,35)/t20-,21-/m1/s1. The third-order valence-electron chi connectivity index (χ3n) is 6.19. The van der Waals surface area contributed by atoms with Crippen molar-refractivity contribution in [2.75, 3.05) is 10.8 Å². The lowest BCUT2D eigenvalue weighted by Crippen LogP contribution is -2.52. The summed E-state index contributed by atoms with van der Waals surface area (Å²) in [5.41, 5.74) is 0.231. The van der Waals surface area contributed by atoms with Crippen LogP contribution in [0.1, 0.15) is 32.8 Å². The molecule has 3 aromatic carbocycles. The maximum atomic E-state index is 14.5. The molecule has 0 heterocycles. The molecule has 0 radical (unpaired) electrons. The molecule has 2 atom stereocenters. The van der Waals surface area contributed by atoms with E-state index >= 15 is 0 Å². The number of nitrogens with one attached hydrogen (secondary N) is 1. The van der Waals surface area contributed by atoms with E-state index in [9.17, 15) is 26.8 Å². The Morgan fingerprint density at radius 3 is 2.11 bits per heavy atom. The molecule has 0 aromatic heterocycles. The van der Waals surface area contributed by atoms with E-state index in [0.29, 0.717) is 6.42 Å². The monoisotopic (exact) mass is 543 g/mol. The number of carbonyl (C=O) groups is 2. The van der Waals surface area contributed by atoms with Crippen LogP contribution in [0.4, 0.5) is 14.5 Å². The van der Waals surface area contributed by atoms with Crippen LogP contribution in [-0.4, -0.2) is 43.8 Å². The van der Waals surface area contributed by atoms with E-state index < -0.39 is 46.1 Å². The van der Waals surface area contributed by atoms with E-state index in [-0.39, 0.29) is 28.7 Å². The summed E-state index contributed by atoms with van der Waals surface area (Å²) in [5.74, 6) is -2.33. The molecule has 0 spiro atoms. The zero-order valence-electron chi connectivity index (χ0n) is 21.5. The molecule has 0 aliphatic heterocycles. The van der Waals surface area contributed by atoms with Crippen LogP contribution < -0.4 is 9.62 Å². The molecule has 0 aliphatic carbocycles. The molecular formula is C28H31F2N3O4S. The molecule has 0 bridgehead atoms. The van der Waals surface area contributed by atoms with Gasteiger partial charge in [0.1, 0.15) is 24.2 Å². The average Bonchev–Trinajstić information content (AvgIpc) is 2.91. The molecule has 202 valence electrons. The lowest BCUT2D eigenvalue weighted by atomic mass is 10.1. The fourth-order valence-corrected chi connectivity index (χ4v) is 5.15. The van der Waals surface area contributed by atoms with E-state index in [1.54, 1.807) is 24.3 Å². The van der Waals surface area contributed by atoms with Gasteiger partial charge in [-0.05, 0) is 62.7 Å². The number of carbonyl (C=O) groups excluding carboxylic acids is 2. The van der Waals surface area contributed by atoms with Crippen molar-refractivity contribution in [3.63, 3.8) is 0 Å². The Hall–Kier alpha value is -3.79. The highest BCUT2D eigenvalue weighted by Gasteiger charge is 2.33. The summed E-state index contributed by atoms with van der Waals surface area (Å²) in [6, 6.07) is 16.8. The maximum Gasteiger partial charge on any atom is 0.264 e. The second kappa shape index (κ2) is 12.6. The quantitative estimate of drug-likeness (QED) is 0.386. The second-order valence-corrected chi connectivity index (χ2v) is 10.8. The van der Waals surface area contributed by atoms with Crippen LogP contribution >= 0.6 is 0 Å². The Morgan fingerprint density at radius 1 is 0.895 bits per heavy atom. The van der Waals surface area contributed by atoms with Gasteiger partial charge in [0, 0.05) is 18.2 Å². The summed E-state index contributed by atoms with van der Waals surface area (Å²) in [5, 5.41) is 2.81. The number of sulfonamides is 1. The van der Waals surface area contributed by atoms with Crippen molar-refractivity contribution in [3.05, 3.63) is 96.1 Å². The van der Waals surface area contributed by atoms with Crippen LogP contribution in [0.25, 0.3) is 0 Å². The van der Waals surface area contributed by atoms with E-state index in [0.717, 1.165) is 21.3 Å². The highest BCUT2D eigenvalue weighted by atomic mass is 32.2. The minimum absolute atomic E-state index is 0.0613. The van der Waals surface area contributed by atoms with Gasteiger partial charge in [0.2, 0.25) is 11.8 Å². The molecular weight excluding hydrogens is 512 g/mol. The Morgan fingerprint density at radius 2 is 1.50 bits per heavy atom. The lowest BCUT2D eigenvalue weighted by molar-refractivity contribution is -0.139. The molecule has 2 amide bonds. The molecule has 0 saturated carbocycles. The van der Waals surface area contributed by atoms with Crippen LogP contribution in [-0.2, 0) is 26.2 Å². The number of anilines is 1. The van der Waals surface area contributed by atoms with Gasteiger partial charge < -0.3 is 10.2 Å². The first-order valence-corrected chi connectivity index (χ1v) is 13.6. The van der Waals surface area contributed by atoms with E-state index in [2.05, 4.69) is 5.32 Å². The third kappa shape index (κ3) is 6.95. The number of hydrogen-bond acceptors (Lipinski definition) is 4. The summed E-state index contributed by atoms with van der Waals surface area (Å²) in [4.78, 5) is 27.8. The van der Waals surface area contributed by atoms with Crippen molar-refractivity contribution in [3.8, 4) is 0 Å². The fraction of sp³-hybridized carbons (Fsp3) is 0.286. The van der Waals surface area contributed by atoms with Gasteiger partial charge in [0.05, 0.1) is 10.6 Å². The summed E-state index contributed by atoms with van der Waals surface area (Å²) < 4.78 is 56.2. The van der Waals surface area contributed by atoms with Crippen molar-refractivity contribution in [2.24, 2.45) is 0 Å². The van der Waals surface area contributed by atoms with Gasteiger partial charge in [0.15, 0.2) is 0 Å². The van der Waals surface area contributed by atoms with Gasteiger partial charge in [-0.2, -0.15) is 0 Å². The smallest absolute Gasteiger partial charge is 0.264 e. The minimum atomic E-state index is -4.26. The van der Waals surface area contributed by atoms with Crippen LogP contribution in [0.15, 0.2) is 83.8 Å². The van der Waals surface area contributed by atoms with Crippen molar-refractivity contribution in [1.82, 2.24) is 10.2 Å². The first kappa shape index (κ1) is 28.8. The molecule has 0 saturated heterocycles. The molecule has 3 aromatic rings. The molecule has 0 fully saturated rings. The molecule has 1 N–H and O–H groups in total. The number of nitrogens with zero attached hydrogens (tertiary/aromatic N) is 2. The maximum absolute atomic E-state index is 14.5. The number of benzene rings is 3. The molecule has 0 aliphatic rings. The zero-order valence-corrected chi connectivity index (χ0v) is 22.3. The summed E-state index contributed by atoms with van der Waals surface area (Å²) >= 11 is 0. The predicted octanol–water partition coefficient (Wildman–Crippen LogP) is 4.49. The molecule has 0 unspecified atom stereocenters.